The Morgan fingerprint density at radius 1 is 1.32 bits per heavy atom. The molecule has 0 radical (unpaired) electrons. The normalized spacial score (nSPS) is 14.3. The first-order valence-electron chi connectivity index (χ1n) is 11.5. The molecule has 0 spiro atoms. The number of aryl methyl sites for hydroxylation is 3. The van der Waals surface area contributed by atoms with Gasteiger partial charge in [0.15, 0.2) is 0 Å². The highest BCUT2D eigenvalue weighted by atomic mass is 32.2. The number of carboxylic acids is 1. The number of nitrogens with two attached hydrogens (primary N) is 1. The average Bonchev–Trinajstić information content (AvgIpc) is 3.20. The van der Waals surface area contributed by atoms with E-state index in [1.165, 1.54) is 16.4 Å². The lowest BCUT2D eigenvalue weighted by atomic mass is 10.1. The maximum absolute atomic E-state index is 12.3. The SMILES string of the molecule is CCCCCS(=O)(=O)N[C@@H](Cc1nn(CCc2ccc3c(n2)NCCC3)cc1C(N)=O)C(=O)O. The van der Waals surface area contributed by atoms with Crippen molar-refractivity contribution in [3.8, 4) is 0 Å². The van der Waals surface area contributed by atoms with Crippen molar-refractivity contribution >= 4 is 27.7 Å². The number of sulfonamides is 1. The fourth-order valence-electron chi connectivity index (χ4n) is 3.86. The maximum Gasteiger partial charge on any atom is 0.322 e. The molecule has 1 amide bonds. The van der Waals surface area contributed by atoms with Crippen LogP contribution in [0.5, 0.6) is 0 Å². The summed E-state index contributed by atoms with van der Waals surface area (Å²) in [7, 11) is -3.79. The van der Waals surface area contributed by atoms with Crippen molar-refractivity contribution in [3.63, 3.8) is 0 Å². The van der Waals surface area contributed by atoms with Crippen molar-refractivity contribution in [2.75, 3.05) is 17.6 Å². The first kappa shape index (κ1) is 25.6. The molecular weight excluding hydrogens is 460 g/mol. The number of primary amides is 1. The number of anilines is 1. The van der Waals surface area contributed by atoms with E-state index in [1.807, 2.05) is 13.0 Å². The topological polar surface area (TPSA) is 169 Å². The zero-order valence-corrected chi connectivity index (χ0v) is 20.1. The number of hydrogen-bond donors (Lipinski definition) is 4. The number of carbonyl (C=O) groups is 2. The van der Waals surface area contributed by atoms with Crippen LogP contribution >= 0.6 is 0 Å². The second-order valence-corrected chi connectivity index (χ2v) is 10.3. The van der Waals surface area contributed by atoms with Crippen LogP contribution in [-0.2, 0) is 40.6 Å². The summed E-state index contributed by atoms with van der Waals surface area (Å²) >= 11 is 0. The van der Waals surface area contributed by atoms with Crippen molar-refractivity contribution in [2.24, 2.45) is 5.73 Å². The Hall–Kier alpha value is -2.99. The van der Waals surface area contributed by atoms with E-state index in [0.717, 1.165) is 43.7 Å². The minimum atomic E-state index is -3.79. The summed E-state index contributed by atoms with van der Waals surface area (Å²) in [4.78, 5) is 28.3. The third-order valence-electron chi connectivity index (χ3n) is 5.69. The van der Waals surface area contributed by atoms with Crippen molar-refractivity contribution in [1.82, 2.24) is 19.5 Å². The van der Waals surface area contributed by atoms with Gasteiger partial charge in [-0.15, -0.1) is 0 Å². The van der Waals surface area contributed by atoms with Crippen LogP contribution < -0.4 is 15.8 Å². The minimum Gasteiger partial charge on any atom is -0.480 e. The van der Waals surface area contributed by atoms with Gasteiger partial charge in [0, 0.05) is 37.8 Å². The highest BCUT2D eigenvalue weighted by molar-refractivity contribution is 7.89. The van der Waals surface area contributed by atoms with E-state index in [-0.39, 0.29) is 23.4 Å². The Balaban J connectivity index is 1.70. The van der Waals surface area contributed by atoms with Crippen molar-refractivity contribution in [3.05, 3.63) is 40.8 Å². The maximum atomic E-state index is 12.3. The van der Waals surface area contributed by atoms with Crippen LogP contribution in [-0.4, -0.2) is 58.5 Å². The largest absolute Gasteiger partial charge is 0.480 e. The number of aromatic nitrogens is 3. The molecule has 5 N–H and O–H groups in total. The average molecular weight is 493 g/mol. The number of nitrogens with zero attached hydrogens (tertiary/aromatic N) is 3. The molecule has 0 saturated carbocycles. The lowest BCUT2D eigenvalue weighted by Crippen LogP contribution is -2.43. The number of fused-ring (bicyclic) bond motifs is 1. The monoisotopic (exact) mass is 492 g/mol. The fraction of sp³-hybridized carbons (Fsp3) is 0.545. The number of unbranched alkanes of at least 4 members (excludes halogenated alkanes) is 2. The predicted molar refractivity (Wildman–Crippen MR) is 127 cm³/mol. The van der Waals surface area contributed by atoms with Gasteiger partial charge in [0.25, 0.3) is 5.91 Å². The molecule has 2 aromatic rings. The van der Waals surface area contributed by atoms with Crippen LogP contribution in [0.1, 0.15) is 59.9 Å². The van der Waals surface area contributed by atoms with Crippen LogP contribution in [0.3, 0.4) is 0 Å². The molecule has 3 heterocycles. The molecule has 11 nitrogen and oxygen atoms in total. The molecule has 0 saturated heterocycles. The Morgan fingerprint density at radius 3 is 2.82 bits per heavy atom. The number of nitrogens with one attached hydrogen (secondary N) is 2. The molecule has 12 heteroatoms. The molecule has 0 bridgehead atoms. The molecule has 1 aliphatic heterocycles. The Morgan fingerprint density at radius 2 is 2.12 bits per heavy atom. The van der Waals surface area contributed by atoms with E-state index < -0.39 is 27.9 Å². The molecule has 1 aliphatic rings. The summed E-state index contributed by atoms with van der Waals surface area (Å²) in [5.41, 5.74) is 7.71. The highest BCUT2D eigenvalue weighted by Gasteiger charge is 2.27. The van der Waals surface area contributed by atoms with E-state index >= 15 is 0 Å². The summed E-state index contributed by atoms with van der Waals surface area (Å²) in [6, 6.07) is 2.55. The fourth-order valence-corrected chi connectivity index (χ4v) is 5.18. The van der Waals surface area contributed by atoms with Crippen LogP contribution in [0.4, 0.5) is 5.82 Å². The van der Waals surface area contributed by atoms with Gasteiger partial charge >= 0.3 is 5.97 Å². The smallest absolute Gasteiger partial charge is 0.322 e. The molecule has 1 atom stereocenters. The van der Waals surface area contributed by atoms with Gasteiger partial charge in [-0.2, -0.15) is 5.10 Å². The second-order valence-electron chi connectivity index (χ2n) is 8.45. The van der Waals surface area contributed by atoms with Gasteiger partial charge in [0.1, 0.15) is 11.9 Å². The lowest BCUT2D eigenvalue weighted by Gasteiger charge is -2.17. The predicted octanol–water partition coefficient (Wildman–Crippen LogP) is 1.08. The summed E-state index contributed by atoms with van der Waals surface area (Å²) in [5, 5.41) is 17.2. The van der Waals surface area contributed by atoms with Crippen molar-refractivity contribution in [2.45, 2.75) is 64.5 Å². The third-order valence-corrected chi connectivity index (χ3v) is 7.16. The van der Waals surface area contributed by atoms with Gasteiger partial charge < -0.3 is 16.2 Å². The summed E-state index contributed by atoms with van der Waals surface area (Å²) in [6.45, 7) is 3.23. The minimum absolute atomic E-state index is 0.0662. The Labute approximate surface area is 199 Å². The van der Waals surface area contributed by atoms with Gasteiger partial charge in [0.2, 0.25) is 10.0 Å². The zero-order chi connectivity index (χ0) is 24.7. The summed E-state index contributed by atoms with van der Waals surface area (Å²) < 4.78 is 28.3. The van der Waals surface area contributed by atoms with Crippen LogP contribution in [0.2, 0.25) is 0 Å². The number of carboxylic acid groups (broad SMARTS) is 1. The number of amides is 1. The molecule has 3 rings (SSSR count). The van der Waals surface area contributed by atoms with Crippen molar-refractivity contribution in [1.29, 1.82) is 0 Å². The number of rotatable bonds is 13. The van der Waals surface area contributed by atoms with Gasteiger partial charge in [0.05, 0.1) is 17.0 Å². The van der Waals surface area contributed by atoms with Crippen molar-refractivity contribution < 1.29 is 23.1 Å². The Kier molecular flexibility index (Phi) is 8.61. The molecule has 0 fully saturated rings. The van der Waals surface area contributed by atoms with E-state index in [0.29, 0.717) is 19.4 Å². The first-order valence-corrected chi connectivity index (χ1v) is 13.2. The van der Waals surface area contributed by atoms with E-state index in [9.17, 15) is 23.1 Å². The summed E-state index contributed by atoms with van der Waals surface area (Å²) in [5.74, 6) is -1.38. The molecule has 34 heavy (non-hydrogen) atoms. The molecule has 0 aromatic carbocycles. The first-order chi connectivity index (χ1) is 16.2. The molecule has 2 aromatic heterocycles. The number of hydrogen-bond acceptors (Lipinski definition) is 7. The zero-order valence-electron chi connectivity index (χ0n) is 19.3. The molecule has 0 unspecified atom stereocenters. The van der Waals surface area contributed by atoms with Crippen LogP contribution in [0.25, 0.3) is 0 Å². The second kappa shape index (κ2) is 11.4. The standard InChI is InChI=1S/C22H32N6O5S/c1-2-3-4-12-34(32,33)27-19(22(30)31)13-18-17(20(23)29)14-28(26-18)11-9-16-8-7-15-6-5-10-24-21(15)25-16/h7-8,14,19,27H,2-6,9-13H2,1H3,(H2,23,29)(H,24,25)(H,30,31)/t19-/m0/s1. The van der Waals surface area contributed by atoms with Gasteiger partial charge in [-0.05, 0) is 30.9 Å². The number of pyridine rings is 1. The van der Waals surface area contributed by atoms with Gasteiger partial charge in [-0.1, -0.05) is 25.8 Å². The lowest BCUT2D eigenvalue weighted by molar-refractivity contribution is -0.138. The molecule has 186 valence electrons. The van der Waals surface area contributed by atoms with E-state index in [1.54, 1.807) is 0 Å². The van der Waals surface area contributed by atoms with E-state index in [4.69, 9.17) is 5.73 Å². The quantitative estimate of drug-likeness (QED) is 0.301. The number of aliphatic carboxylic acids is 1. The molecule has 0 aliphatic carbocycles. The number of carbonyl (C=O) groups excluding carboxylic acids is 1. The van der Waals surface area contributed by atoms with E-state index in [2.05, 4.69) is 26.2 Å². The highest BCUT2D eigenvalue weighted by Crippen LogP contribution is 2.20. The van der Waals surface area contributed by atoms with Crippen LogP contribution in [0, 0.1) is 0 Å². The molecular formula is C22H32N6O5S. The third kappa shape index (κ3) is 7.00. The van der Waals surface area contributed by atoms with Crippen LogP contribution in [0.15, 0.2) is 18.3 Å². The van der Waals surface area contributed by atoms with Gasteiger partial charge in [-0.3, -0.25) is 14.3 Å². The van der Waals surface area contributed by atoms with Gasteiger partial charge in [-0.25, -0.2) is 18.1 Å². The Bertz CT molecular complexity index is 1130. The summed E-state index contributed by atoms with van der Waals surface area (Å²) in [6.07, 6.45) is 5.78.